The third kappa shape index (κ3) is 2.97. The maximum Gasteiger partial charge on any atom is 0.119 e. The molecule has 3 N–H and O–H groups in total. The van der Waals surface area contributed by atoms with Crippen molar-refractivity contribution in [3.05, 3.63) is 36.0 Å². The van der Waals surface area contributed by atoms with Crippen LogP contribution < -0.4 is 4.74 Å². The third-order valence-corrected chi connectivity index (χ3v) is 6.20. The van der Waals surface area contributed by atoms with Crippen LogP contribution in [0.15, 0.2) is 30.5 Å². The van der Waals surface area contributed by atoms with Crippen LogP contribution in [0.5, 0.6) is 5.75 Å². The van der Waals surface area contributed by atoms with Crippen LogP contribution in [-0.4, -0.2) is 64.2 Å². The normalized spacial score (nSPS) is 30.3. The van der Waals surface area contributed by atoms with E-state index in [9.17, 15) is 15.3 Å². The van der Waals surface area contributed by atoms with Crippen LogP contribution in [0.4, 0.5) is 0 Å². The van der Waals surface area contributed by atoms with E-state index in [1.807, 2.05) is 24.3 Å². The highest BCUT2D eigenvalue weighted by Gasteiger charge is 2.45. The lowest BCUT2D eigenvalue weighted by Gasteiger charge is -2.52. The molecule has 6 atom stereocenters. The van der Waals surface area contributed by atoms with E-state index >= 15 is 0 Å². The molecule has 2 unspecified atom stereocenters. The van der Waals surface area contributed by atoms with Crippen molar-refractivity contribution in [2.75, 3.05) is 26.8 Å². The van der Waals surface area contributed by atoms with Crippen LogP contribution in [0.3, 0.4) is 0 Å². The number of benzene rings is 1. The Labute approximate surface area is 153 Å². The van der Waals surface area contributed by atoms with Crippen molar-refractivity contribution in [2.45, 2.75) is 31.1 Å². The first-order valence-corrected chi connectivity index (χ1v) is 9.26. The van der Waals surface area contributed by atoms with Crippen molar-refractivity contribution in [1.29, 1.82) is 0 Å². The van der Waals surface area contributed by atoms with Gasteiger partial charge in [-0.1, -0.05) is 0 Å². The number of ether oxygens (including phenoxy) is 1. The van der Waals surface area contributed by atoms with Crippen molar-refractivity contribution in [2.24, 2.45) is 11.8 Å². The van der Waals surface area contributed by atoms with Gasteiger partial charge in [-0.15, -0.1) is 0 Å². The monoisotopic (exact) mass is 358 g/mol. The topological polar surface area (TPSA) is 86.1 Å². The second-order valence-electron chi connectivity index (χ2n) is 7.49. The molecule has 4 heterocycles. The molecule has 3 aliphatic heterocycles. The van der Waals surface area contributed by atoms with Gasteiger partial charge in [0, 0.05) is 30.1 Å². The Balaban J connectivity index is 1.63. The van der Waals surface area contributed by atoms with Gasteiger partial charge in [0.05, 0.1) is 31.4 Å². The Morgan fingerprint density at radius 3 is 2.85 bits per heavy atom. The van der Waals surface area contributed by atoms with Gasteiger partial charge in [0.15, 0.2) is 0 Å². The van der Waals surface area contributed by atoms with Gasteiger partial charge in [-0.25, -0.2) is 0 Å². The minimum absolute atomic E-state index is 0.0210. The number of aromatic nitrogens is 1. The molecule has 3 fully saturated rings. The van der Waals surface area contributed by atoms with Crippen molar-refractivity contribution >= 4 is 10.9 Å². The van der Waals surface area contributed by atoms with E-state index in [1.165, 1.54) is 0 Å². The van der Waals surface area contributed by atoms with E-state index in [2.05, 4.69) is 9.88 Å². The zero-order valence-corrected chi connectivity index (χ0v) is 15.0. The minimum Gasteiger partial charge on any atom is -0.497 e. The first kappa shape index (κ1) is 17.7. The predicted octanol–water partition coefficient (Wildman–Crippen LogP) is 1.34. The quantitative estimate of drug-likeness (QED) is 0.748. The molecule has 140 valence electrons. The molecule has 0 amide bonds. The lowest BCUT2D eigenvalue weighted by molar-refractivity contribution is -0.0970. The SMILES string of the molecule is COc1ccc2nccc(C(O)[C@H]3C[C@@H]4CCN3C[C@@H]4[C@@H](O)CO)c2c1. The van der Waals surface area contributed by atoms with Crippen LogP contribution in [0.2, 0.25) is 0 Å². The molecule has 5 rings (SSSR count). The molecule has 0 spiro atoms. The summed E-state index contributed by atoms with van der Waals surface area (Å²) in [7, 11) is 1.63. The predicted molar refractivity (Wildman–Crippen MR) is 97.9 cm³/mol. The number of hydrogen-bond acceptors (Lipinski definition) is 6. The van der Waals surface area contributed by atoms with Gasteiger partial charge < -0.3 is 20.1 Å². The fraction of sp³-hybridized carbons (Fsp3) is 0.550. The number of fused-ring (bicyclic) bond motifs is 4. The van der Waals surface area contributed by atoms with Crippen molar-refractivity contribution in [3.8, 4) is 5.75 Å². The Hall–Kier alpha value is -1.73. The molecule has 2 bridgehead atoms. The first-order valence-electron chi connectivity index (χ1n) is 9.26. The van der Waals surface area contributed by atoms with E-state index in [0.29, 0.717) is 5.92 Å². The molecule has 1 aromatic carbocycles. The van der Waals surface area contributed by atoms with Crippen molar-refractivity contribution < 1.29 is 20.1 Å². The first-order chi connectivity index (χ1) is 12.6. The number of piperidine rings is 3. The Morgan fingerprint density at radius 2 is 2.15 bits per heavy atom. The standard InChI is InChI=1S/C20H26N2O4/c1-26-13-2-3-17-15(9-13)14(4-6-21-17)20(25)18-8-12-5-7-22(18)10-16(12)19(24)11-23/h2-4,6,9,12,16,18-20,23-25H,5,7-8,10-11H2,1H3/t12-,16-,18+,19-,20?/m0/s1. The number of aliphatic hydroxyl groups excluding tert-OH is 3. The number of rotatable bonds is 5. The number of methoxy groups -OCH3 is 1. The summed E-state index contributed by atoms with van der Waals surface area (Å²) in [6, 6.07) is 7.61. The average molecular weight is 358 g/mol. The molecular weight excluding hydrogens is 332 g/mol. The summed E-state index contributed by atoms with van der Waals surface area (Å²) in [5, 5.41) is 31.5. The lowest BCUT2D eigenvalue weighted by Crippen LogP contribution is -2.58. The Kier molecular flexibility index (Phi) is 4.84. The maximum atomic E-state index is 11.2. The summed E-state index contributed by atoms with van der Waals surface area (Å²) in [6.07, 6.45) is 2.28. The molecule has 3 aliphatic rings. The highest BCUT2D eigenvalue weighted by Crippen LogP contribution is 2.42. The summed E-state index contributed by atoms with van der Waals surface area (Å²) in [5.41, 5.74) is 1.71. The maximum absolute atomic E-state index is 11.2. The van der Waals surface area contributed by atoms with E-state index in [-0.39, 0.29) is 18.6 Å². The summed E-state index contributed by atoms with van der Waals surface area (Å²) in [6.45, 7) is 1.45. The molecule has 0 aliphatic carbocycles. The zero-order chi connectivity index (χ0) is 18.3. The molecule has 2 aromatic rings. The number of nitrogens with zero attached hydrogens (tertiary/aromatic N) is 2. The molecular formula is C20H26N2O4. The van der Waals surface area contributed by atoms with Crippen LogP contribution in [0.1, 0.15) is 24.5 Å². The molecule has 26 heavy (non-hydrogen) atoms. The molecule has 6 heteroatoms. The van der Waals surface area contributed by atoms with Crippen LogP contribution in [0.25, 0.3) is 10.9 Å². The van der Waals surface area contributed by atoms with E-state index < -0.39 is 12.2 Å². The summed E-state index contributed by atoms with van der Waals surface area (Å²) >= 11 is 0. The van der Waals surface area contributed by atoms with Crippen LogP contribution in [-0.2, 0) is 0 Å². The molecule has 3 saturated heterocycles. The smallest absolute Gasteiger partial charge is 0.119 e. The number of pyridine rings is 1. The summed E-state index contributed by atoms with van der Waals surface area (Å²) in [4.78, 5) is 6.66. The number of hydrogen-bond donors (Lipinski definition) is 3. The van der Waals surface area contributed by atoms with Gasteiger partial charge >= 0.3 is 0 Å². The second kappa shape index (κ2) is 7.12. The highest BCUT2D eigenvalue weighted by molar-refractivity contribution is 5.83. The average Bonchev–Trinajstić information content (AvgIpc) is 2.71. The van der Waals surface area contributed by atoms with Gasteiger partial charge in [0.1, 0.15) is 5.75 Å². The third-order valence-electron chi connectivity index (χ3n) is 6.20. The zero-order valence-electron chi connectivity index (χ0n) is 15.0. The van der Waals surface area contributed by atoms with Crippen molar-refractivity contribution in [3.63, 3.8) is 0 Å². The number of aliphatic hydroxyl groups is 3. The Morgan fingerprint density at radius 1 is 1.31 bits per heavy atom. The molecule has 0 radical (unpaired) electrons. The fourth-order valence-electron chi connectivity index (χ4n) is 4.75. The lowest BCUT2D eigenvalue weighted by atomic mass is 9.71. The van der Waals surface area contributed by atoms with Gasteiger partial charge in [-0.05, 0) is 55.1 Å². The van der Waals surface area contributed by atoms with Gasteiger partial charge in [-0.3, -0.25) is 9.88 Å². The van der Waals surface area contributed by atoms with Crippen LogP contribution in [0, 0.1) is 11.8 Å². The Bertz CT molecular complexity index is 783. The van der Waals surface area contributed by atoms with Gasteiger partial charge in [0.25, 0.3) is 0 Å². The van der Waals surface area contributed by atoms with E-state index in [4.69, 9.17) is 4.74 Å². The largest absolute Gasteiger partial charge is 0.497 e. The van der Waals surface area contributed by atoms with Gasteiger partial charge in [0.2, 0.25) is 0 Å². The van der Waals surface area contributed by atoms with Gasteiger partial charge in [-0.2, -0.15) is 0 Å². The second-order valence-corrected chi connectivity index (χ2v) is 7.49. The summed E-state index contributed by atoms with van der Waals surface area (Å²) in [5.74, 6) is 1.17. The highest BCUT2D eigenvalue weighted by atomic mass is 16.5. The molecule has 0 saturated carbocycles. The molecule has 1 aromatic heterocycles. The van der Waals surface area contributed by atoms with E-state index in [1.54, 1.807) is 13.3 Å². The molecule has 6 nitrogen and oxygen atoms in total. The van der Waals surface area contributed by atoms with Crippen LogP contribution >= 0.6 is 0 Å². The fourth-order valence-corrected chi connectivity index (χ4v) is 4.75. The van der Waals surface area contributed by atoms with Crippen molar-refractivity contribution in [1.82, 2.24) is 9.88 Å². The summed E-state index contributed by atoms with van der Waals surface area (Å²) < 4.78 is 5.33. The minimum atomic E-state index is -0.674. The van der Waals surface area contributed by atoms with E-state index in [0.717, 1.165) is 48.1 Å².